The van der Waals surface area contributed by atoms with Crippen LogP contribution in [0, 0.1) is 0 Å². The van der Waals surface area contributed by atoms with E-state index in [9.17, 15) is 4.79 Å². The maximum Gasteiger partial charge on any atom is 0.341 e. The maximum absolute atomic E-state index is 10.9. The Labute approximate surface area is 96.7 Å². The summed E-state index contributed by atoms with van der Waals surface area (Å²) >= 11 is 5.98. The van der Waals surface area contributed by atoms with Gasteiger partial charge in [0.15, 0.2) is 5.65 Å². The normalized spacial score (nSPS) is 10.9. The highest BCUT2D eigenvalue weighted by Crippen LogP contribution is 2.17. The van der Waals surface area contributed by atoms with Crippen LogP contribution in [0.2, 0.25) is 5.15 Å². The molecule has 0 atom stereocenters. The lowest BCUT2D eigenvalue weighted by Gasteiger charge is -2.02. The number of aromatic nitrogens is 3. The van der Waals surface area contributed by atoms with E-state index in [2.05, 4.69) is 10.1 Å². The summed E-state index contributed by atoms with van der Waals surface area (Å²) in [5.41, 5.74) is 1.14. The van der Waals surface area contributed by atoms with E-state index >= 15 is 0 Å². The molecule has 0 aliphatic rings. The predicted octanol–water partition coefficient (Wildman–Crippen LogP) is 2.03. The first-order valence-electron chi connectivity index (χ1n) is 4.90. The van der Waals surface area contributed by atoms with Crippen molar-refractivity contribution in [1.82, 2.24) is 14.6 Å². The van der Waals surface area contributed by atoms with Gasteiger partial charge in [0, 0.05) is 5.69 Å². The molecule has 0 radical (unpaired) electrons. The maximum atomic E-state index is 10.9. The number of fused-ring (bicyclic) bond motifs is 1. The third-order valence-corrected chi connectivity index (χ3v) is 2.49. The van der Waals surface area contributed by atoms with Crippen LogP contribution in [0.1, 0.15) is 29.4 Å². The molecular weight excluding hydrogens is 230 g/mol. The fraction of sp³-hybridized carbons (Fsp3) is 0.300. The number of nitrogens with zero attached hydrogens (tertiary/aromatic N) is 3. The lowest BCUT2D eigenvalue weighted by atomic mass is 10.2. The molecule has 0 bridgehead atoms. The van der Waals surface area contributed by atoms with Crippen LogP contribution in [0.25, 0.3) is 5.65 Å². The van der Waals surface area contributed by atoms with Gasteiger partial charge in [-0.15, -0.1) is 0 Å². The molecule has 2 aromatic heterocycles. The first-order chi connectivity index (χ1) is 7.63. The topological polar surface area (TPSA) is 67.5 Å². The van der Waals surface area contributed by atoms with E-state index in [1.54, 1.807) is 6.07 Å². The van der Waals surface area contributed by atoms with Crippen molar-refractivity contribution in [1.29, 1.82) is 0 Å². The van der Waals surface area contributed by atoms with Gasteiger partial charge in [0.2, 0.25) is 0 Å². The molecule has 0 fully saturated rings. The standard InChI is InChI=1S/C10H10ClN3O2/c1-2-3-6-4-8(11)14-9(13-6)7(5-12-14)10(15)16/h4-5H,2-3H2,1H3,(H,15,16). The minimum absolute atomic E-state index is 0.0693. The fourth-order valence-electron chi connectivity index (χ4n) is 1.51. The van der Waals surface area contributed by atoms with Gasteiger partial charge in [-0.2, -0.15) is 5.10 Å². The summed E-state index contributed by atoms with van der Waals surface area (Å²) in [6.07, 6.45) is 2.95. The molecular formula is C10H10ClN3O2. The van der Waals surface area contributed by atoms with E-state index in [-0.39, 0.29) is 5.56 Å². The summed E-state index contributed by atoms with van der Waals surface area (Å²) in [4.78, 5) is 15.2. The first kappa shape index (κ1) is 10.9. The number of halogens is 1. The number of hydrogen-bond acceptors (Lipinski definition) is 3. The second-order valence-corrected chi connectivity index (χ2v) is 3.81. The van der Waals surface area contributed by atoms with Gasteiger partial charge in [-0.25, -0.2) is 14.3 Å². The Balaban J connectivity index is 2.66. The zero-order valence-corrected chi connectivity index (χ0v) is 9.40. The molecule has 5 nitrogen and oxygen atoms in total. The molecule has 0 saturated heterocycles. The highest BCUT2D eigenvalue weighted by molar-refractivity contribution is 6.29. The van der Waals surface area contributed by atoms with Crippen LogP contribution in [0.3, 0.4) is 0 Å². The molecule has 0 aliphatic carbocycles. The Hall–Kier alpha value is -1.62. The number of carboxylic acids is 1. The molecule has 84 valence electrons. The van der Waals surface area contributed by atoms with Gasteiger partial charge >= 0.3 is 5.97 Å². The van der Waals surface area contributed by atoms with Crippen molar-refractivity contribution in [2.45, 2.75) is 19.8 Å². The summed E-state index contributed by atoms with van der Waals surface area (Å²) in [7, 11) is 0. The third-order valence-electron chi connectivity index (χ3n) is 2.22. The van der Waals surface area contributed by atoms with Crippen LogP contribution < -0.4 is 0 Å². The van der Waals surface area contributed by atoms with E-state index in [0.29, 0.717) is 10.8 Å². The summed E-state index contributed by atoms with van der Waals surface area (Å²) in [6.45, 7) is 2.02. The minimum atomic E-state index is -1.05. The lowest BCUT2D eigenvalue weighted by molar-refractivity contribution is 0.0699. The van der Waals surface area contributed by atoms with Crippen molar-refractivity contribution in [3.63, 3.8) is 0 Å². The molecule has 0 saturated carbocycles. The van der Waals surface area contributed by atoms with E-state index in [0.717, 1.165) is 18.5 Å². The number of carbonyl (C=O) groups is 1. The number of hydrogen-bond donors (Lipinski definition) is 1. The smallest absolute Gasteiger partial charge is 0.341 e. The van der Waals surface area contributed by atoms with Crippen LogP contribution in [0.15, 0.2) is 12.3 Å². The van der Waals surface area contributed by atoms with E-state index in [4.69, 9.17) is 16.7 Å². The monoisotopic (exact) mass is 239 g/mol. The van der Waals surface area contributed by atoms with Gasteiger partial charge in [-0.3, -0.25) is 0 Å². The highest BCUT2D eigenvalue weighted by atomic mass is 35.5. The Morgan fingerprint density at radius 3 is 3.00 bits per heavy atom. The highest BCUT2D eigenvalue weighted by Gasteiger charge is 2.15. The quantitative estimate of drug-likeness (QED) is 0.833. The van der Waals surface area contributed by atoms with Crippen molar-refractivity contribution < 1.29 is 9.90 Å². The molecule has 6 heteroatoms. The average Bonchev–Trinajstić information content (AvgIpc) is 2.62. The number of carboxylic acid groups (broad SMARTS) is 1. The summed E-state index contributed by atoms with van der Waals surface area (Å²) < 4.78 is 1.32. The zero-order chi connectivity index (χ0) is 11.7. The Morgan fingerprint density at radius 2 is 2.38 bits per heavy atom. The van der Waals surface area contributed by atoms with Crippen LogP contribution in [-0.4, -0.2) is 25.7 Å². The molecule has 0 aliphatic heterocycles. The molecule has 0 aromatic carbocycles. The average molecular weight is 240 g/mol. The molecule has 2 heterocycles. The van der Waals surface area contributed by atoms with Crippen LogP contribution in [0.5, 0.6) is 0 Å². The third kappa shape index (κ3) is 1.74. The summed E-state index contributed by atoms with van der Waals surface area (Å²) in [5.74, 6) is -1.05. The fourth-order valence-corrected chi connectivity index (χ4v) is 1.76. The van der Waals surface area contributed by atoms with E-state index in [1.165, 1.54) is 10.7 Å². The predicted molar refractivity (Wildman–Crippen MR) is 59.0 cm³/mol. The van der Waals surface area contributed by atoms with Crippen molar-refractivity contribution in [3.05, 3.63) is 28.7 Å². The van der Waals surface area contributed by atoms with Gasteiger partial charge in [-0.1, -0.05) is 24.9 Å². The zero-order valence-electron chi connectivity index (χ0n) is 8.64. The van der Waals surface area contributed by atoms with E-state index in [1.807, 2.05) is 6.92 Å². The molecule has 2 rings (SSSR count). The number of rotatable bonds is 3. The van der Waals surface area contributed by atoms with Gasteiger partial charge in [0.05, 0.1) is 6.20 Å². The minimum Gasteiger partial charge on any atom is -0.477 e. The summed E-state index contributed by atoms with van der Waals surface area (Å²) in [6, 6.07) is 1.71. The molecule has 16 heavy (non-hydrogen) atoms. The lowest BCUT2D eigenvalue weighted by Crippen LogP contribution is -2.01. The van der Waals surface area contributed by atoms with E-state index < -0.39 is 5.97 Å². The van der Waals surface area contributed by atoms with Crippen LogP contribution >= 0.6 is 11.6 Å². The van der Waals surface area contributed by atoms with Gasteiger partial charge in [0.25, 0.3) is 0 Å². The van der Waals surface area contributed by atoms with Gasteiger partial charge in [0.1, 0.15) is 10.7 Å². The molecule has 0 spiro atoms. The second kappa shape index (κ2) is 4.09. The largest absolute Gasteiger partial charge is 0.477 e. The molecule has 0 amide bonds. The second-order valence-electron chi connectivity index (χ2n) is 3.42. The number of aryl methyl sites for hydroxylation is 1. The van der Waals surface area contributed by atoms with Crippen LogP contribution in [-0.2, 0) is 6.42 Å². The Kier molecular flexibility index (Phi) is 2.78. The SMILES string of the molecule is CCCc1cc(Cl)n2ncc(C(=O)O)c2n1. The van der Waals surface area contributed by atoms with Crippen molar-refractivity contribution >= 4 is 23.2 Å². The van der Waals surface area contributed by atoms with Crippen molar-refractivity contribution in [2.24, 2.45) is 0 Å². The Bertz CT molecular complexity index is 550. The molecule has 1 N–H and O–H groups in total. The van der Waals surface area contributed by atoms with Gasteiger partial charge in [-0.05, 0) is 12.5 Å². The molecule has 0 unspecified atom stereocenters. The molecule has 2 aromatic rings. The number of aromatic carboxylic acids is 1. The summed E-state index contributed by atoms with van der Waals surface area (Å²) in [5, 5.41) is 13.2. The van der Waals surface area contributed by atoms with Gasteiger partial charge < -0.3 is 5.11 Å². The van der Waals surface area contributed by atoms with Crippen molar-refractivity contribution in [3.8, 4) is 0 Å². The Morgan fingerprint density at radius 1 is 1.62 bits per heavy atom. The van der Waals surface area contributed by atoms with Crippen LogP contribution in [0.4, 0.5) is 0 Å². The first-order valence-corrected chi connectivity index (χ1v) is 5.27. The van der Waals surface area contributed by atoms with Crippen molar-refractivity contribution in [2.75, 3.05) is 0 Å².